The zero-order chi connectivity index (χ0) is 16.8. The van der Waals surface area contributed by atoms with Crippen molar-refractivity contribution in [1.29, 1.82) is 0 Å². The number of nitrogens with zero attached hydrogens (tertiary/aromatic N) is 2. The van der Waals surface area contributed by atoms with E-state index in [4.69, 9.17) is 9.47 Å². The molecule has 0 radical (unpaired) electrons. The lowest BCUT2D eigenvalue weighted by atomic mass is 10.1. The molecule has 126 valence electrons. The van der Waals surface area contributed by atoms with Gasteiger partial charge < -0.3 is 19.3 Å². The molecule has 1 aromatic carbocycles. The van der Waals surface area contributed by atoms with Crippen LogP contribution in [-0.4, -0.2) is 62.0 Å². The Morgan fingerprint density at radius 3 is 2.00 bits per heavy atom. The van der Waals surface area contributed by atoms with Crippen LogP contribution in [0.2, 0.25) is 0 Å². The molecule has 23 heavy (non-hydrogen) atoms. The third-order valence-electron chi connectivity index (χ3n) is 4.03. The molecule has 6 heteroatoms. The summed E-state index contributed by atoms with van der Waals surface area (Å²) in [6, 6.07) is 5.28. The third-order valence-corrected chi connectivity index (χ3v) is 4.03. The van der Waals surface area contributed by atoms with Crippen molar-refractivity contribution < 1.29 is 19.1 Å². The van der Waals surface area contributed by atoms with Crippen molar-refractivity contribution in [1.82, 2.24) is 9.80 Å². The fraction of sp³-hybridized carbons (Fsp3) is 0.529. The molecule has 2 amide bonds. The van der Waals surface area contributed by atoms with Crippen molar-refractivity contribution in [2.24, 2.45) is 0 Å². The van der Waals surface area contributed by atoms with Crippen LogP contribution in [0.3, 0.4) is 0 Å². The number of hydrogen-bond acceptors (Lipinski definition) is 4. The van der Waals surface area contributed by atoms with E-state index in [2.05, 4.69) is 0 Å². The number of amides is 2. The lowest BCUT2D eigenvalue weighted by Gasteiger charge is -2.35. The topological polar surface area (TPSA) is 59.1 Å². The monoisotopic (exact) mass is 320 g/mol. The van der Waals surface area contributed by atoms with Gasteiger partial charge in [-0.2, -0.15) is 0 Å². The molecule has 0 aromatic heterocycles. The molecule has 1 fully saturated rings. The van der Waals surface area contributed by atoms with E-state index in [-0.39, 0.29) is 11.8 Å². The quantitative estimate of drug-likeness (QED) is 0.830. The highest BCUT2D eigenvalue weighted by molar-refractivity contribution is 5.99. The van der Waals surface area contributed by atoms with E-state index in [9.17, 15) is 9.59 Å². The molecule has 0 atom stereocenters. The van der Waals surface area contributed by atoms with Gasteiger partial charge >= 0.3 is 0 Å². The Hall–Kier alpha value is -2.24. The summed E-state index contributed by atoms with van der Waals surface area (Å²) in [6.07, 6.45) is 1.41. The summed E-state index contributed by atoms with van der Waals surface area (Å²) in [4.78, 5) is 28.3. The average molecular weight is 320 g/mol. The predicted octanol–water partition coefficient (Wildman–Crippen LogP) is 1.79. The second kappa shape index (κ2) is 7.85. The molecule has 0 aliphatic carbocycles. The molecule has 2 rings (SSSR count). The van der Waals surface area contributed by atoms with Crippen LogP contribution < -0.4 is 9.47 Å². The van der Waals surface area contributed by atoms with E-state index in [1.165, 1.54) is 14.2 Å². The fourth-order valence-corrected chi connectivity index (χ4v) is 2.75. The first-order chi connectivity index (χ1) is 11.1. The molecule has 1 aromatic rings. The van der Waals surface area contributed by atoms with E-state index in [0.29, 0.717) is 49.7 Å². The van der Waals surface area contributed by atoms with Gasteiger partial charge in [0.2, 0.25) is 5.91 Å². The van der Waals surface area contributed by atoms with Crippen LogP contribution in [-0.2, 0) is 4.79 Å². The van der Waals surface area contributed by atoms with Crippen molar-refractivity contribution in [3.8, 4) is 11.5 Å². The number of carbonyl (C=O) groups is 2. The molecule has 0 saturated carbocycles. The summed E-state index contributed by atoms with van der Waals surface area (Å²) in [7, 11) is 3.07. The van der Waals surface area contributed by atoms with E-state index in [1.54, 1.807) is 23.1 Å². The number of ether oxygens (including phenoxy) is 2. The molecule has 0 spiro atoms. The van der Waals surface area contributed by atoms with Gasteiger partial charge in [0.15, 0.2) is 0 Å². The lowest BCUT2D eigenvalue weighted by Crippen LogP contribution is -2.50. The largest absolute Gasteiger partial charge is 0.496 e. The van der Waals surface area contributed by atoms with Crippen molar-refractivity contribution >= 4 is 11.8 Å². The molecule has 0 bridgehead atoms. The van der Waals surface area contributed by atoms with Crippen LogP contribution in [0.25, 0.3) is 0 Å². The van der Waals surface area contributed by atoms with Crippen LogP contribution in [0.15, 0.2) is 18.2 Å². The molecule has 0 N–H and O–H groups in total. The standard InChI is InChI=1S/C17H24N2O4/c1-4-6-15(20)18-9-11-19(12-10-18)17(21)16-13(22-2)7-5-8-14(16)23-3/h5,7-8H,4,6,9-12H2,1-3H3. The zero-order valence-electron chi connectivity index (χ0n) is 14.0. The molecule has 1 saturated heterocycles. The summed E-state index contributed by atoms with van der Waals surface area (Å²) < 4.78 is 10.6. The minimum Gasteiger partial charge on any atom is -0.496 e. The van der Waals surface area contributed by atoms with Gasteiger partial charge in [-0.15, -0.1) is 0 Å². The Balaban J connectivity index is 2.10. The van der Waals surface area contributed by atoms with Crippen LogP contribution in [0, 0.1) is 0 Å². The number of methoxy groups -OCH3 is 2. The van der Waals surface area contributed by atoms with Crippen molar-refractivity contribution in [2.75, 3.05) is 40.4 Å². The summed E-state index contributed by atoms with van der Waals surface area (Å²) in [5.74, 6) is 1.04. The minimum absolute atomic E-state index is 0.123. The number of rotatable bonds is 5. The van der Waals surface area contributed by atoms with E-state index in [1.807, 2.05) is 11.8 Å². The highest BCUT2D eigenvalue weighted by Crippen LogP contribution is 2.29. The van der Waals surface area contributed by atoms with Gasteiger partial charge in [-0.1, -0.05) is 13.0 Å². The van der Waals surface area contributed by atoms with E-state index >= 15 is 0 Å². The molecular formula is C17H24N2O4. The maximum atomic E-state index is 12.8. The Labute approximate surface area is 137 Å². The second-order valence-corrected chi connectivity index (χ2v) is 5.46. The predicted molar refractivity (Wildman–Crippen MR) is 86.9 cm³/mol. The number of piperazine rings is 1. The van der Waals surface area contributed by atoms with Gasteiger partial charge in [0.05, 0.1) is 14.2 Å². The maximum absolute atomic E-state index is 12.8. The van der Waals surface area contributed by atoms with Gasteiger partial charge in [-0.3, -0.25) is 9.59 Å². The zero-order valence-corrected chi connectivity index (χ0v) is 14.0. The van der Waals surface area contributed by atoms with Crippen molar-refractivity contribution in [3.63, 3.8) is 0 Å². The Bertz CT molecular complexity index is 543. The Kier molecular flexibility index (Phi) is 5.84. The average Bonchev–Trinajstić information content (AvgIpc) is 2.60. The number of carbonyl (C=O) groups excluding carboxylic acids is 2. The normalized spacial score (nSPS) is 14.6. The minimum atomic E-state index is -0.123. The molecule has 1 aliphatic heterocycles. The van der Waals surface area contributed by atoms with Crippen LogP contribution in [0.4, 0.5) is 0 Å². The van der Waals surface area contributed by atoms with Crippen LogP contribution >= 0.6 is 0 Å². The molecular weight excluding hydrogens is 296 g/mol. The number of benzene rings is 1. The summed E-state index contributed by atoms with van der Waals surface area (Å²) in [5.41, 5.74) is 0.436. The summed E-state index contributed by atoms with van der Waals surface area (Å²) in [5, 5.41) is 0. The van der Waals surface area contributed by atoms with Crippen LogP contribution in [0.5, 0.6) is 11.5 Å². The summed E-state index contributed by atoms with van der Waals surface area (Å²) in [6.45, 7) is 4.18. The lowest BCUT2D eigenvalue weighted by molar-refractivity contribution is -0.132. The van der Waals surface area contributed by atoms with Gasteiger partial charge in [0.25, 0.3) is 5.91 Å². The Morgan fingerprint density at radius 2 is 1.52 bits per heavy atom. The second-order valence-electron chi connectivity index (χ2n) is 5.46. The Morgan fingerprint density at radius 1 is 1.00 bits per heavy atom. The SMILES string of the molecule is CCCC(=O)N1CCN(C(=O)c2c(OC)cccc2OC)CC1. The highest BCUT2D eigenvalue weighted by Gasteiger charge is 2.28. The fourth-order valence-electron chi connectivity index (χ4n) is 2.75. The van der Waals surface area contributed by atoms with E-state index < -0.39 is 0 Å². The molecule has 6 nitrogen and oxygen atoms in total. The molecule has 1 aliphatic rings. The first kappa shape index (κ1) is 17.1. The maximum Gasteiger partial charge on any atom is 0.261 e. The first-order valence-corrected chi connectivity index (χ1v) is 7.90. The van der Waals surface area contributed by atoms with Crippen molar-refractivity contribution in [2.45, 2.75) is 19.8 Å². The number of hydrogen-bond donors (Lipinski definition) is 0. The highest BCUT2D eigenvalue weighted by atomic mass is 16.5. The van der Waals surface area contributed by atoms with E-state index in [0.717, 1.165) is 6.42 Å². The van der Waals surface area contributed by atoms with Gasteiger partial charge in [-0.05, 0) is 18.6 Å². The van der Waals surface area contributed by atoms with Crippen molar-refractivity contribution in [3.05, 3.63) is 23.8 Å². The van der Waals surface area contributed by atoms with Crippen LogP contribution in [0.1, 0.15) is 30.1 Å². The third kappa shape index (κ3) is 3.75. The van der Waals surface area contributed by atoms with Gasteiger partial charge in [0.1, 0.15) is 17.1 Å². The smallest absolute Gasteiger partial charge is 0.261 e. The molecule has 1 heterocycles. The first-order valence-electron chi connectivity index (χ1n) is 7.90. The molecule has 0 unspecified atom stereocenters. The van der Waals surface area contributed by atoms with Gasteiger partial charge in [0, 0.05) is 32.6 Å². The summed E-state index contributed by atoms with van der Waals surface area (Å²) >= 11 is 0. The van der Waals surface area contributed by atoms with Gasteiger partial charge in [-0.25, -0.2) is 0 Å².